The zero-order chi connectivity index (χ0) is 37.5. The molecule has 5 nitrogen and oxygen atoms in total. The van der Waals surface area contributed by atoms with Crippen LogP contribution in [0, 0.1) is 0 Å². The lowest BCUT2D eigenvalue weighted by molar-refractivity contribution is 0.669. The minimum absolute atomic E-state index is 0.598. The van der Waals surface area contributed by atoms with E-state index in [2.05, 4.69) is 126 Å². The van der Waals surface area contributed by atoms with E-state index >= 15 is 0 Å². The molecule has 0 bridgehead atoms. The molecule has 0 radical (unpaired) electrons. The second kappa shape index (κ2) is 12.6. The minimum Gasteiger partial charge on any atom is -0.456 e. The lowest BCUT2D eigenvalue weighted by Crippen LogP contribution is -2.00. The van der Waals surface area contributed by atoms with Crippen molar-refractivity contribution in [3.8, 4) is 51.0 Å². The Hall–Kier alpha value is -7.41. The summed E-state index contributed by atoms with van der Waals surface area (Å²) in [6.45, 7) is 0. The van der Waals surface area contributed by atoms with Gasteiger partial charge in [0.2, 0.25) is 0 Å². The van der Waals surface area contributed by atoms with Crippen molar-refractivity contribution < 1.29 is 4.42 Å². The number of hydrogen-bond acceptors (Lipinski definition) is 5. The van der Waals surface area contributed by atoms with Gasteiger partial charge in [0, 0.05) is 69.7 Å². The van der Waals surface area contributed by atoms with Gasteiger partial charge in [-0.25, -0.2) is 15.0 Å². The van der Waals surface area contributed by atoms with Crippen molar-refractivity contribution in [1.82, 2.24) is 19.5 Å². The van der Waals surface area contributed by atoms with E-state index in [1.54, 1.807) is 0 Å². The Kier molecular flexibility index (Phi) is 7.03. The zero-order valence-electron chi connectivity index (χ0n) is 30.4. The number of thiophene rings is 1. The zero-order valence-corrected chi connectivity index (χ0v) is 31.2. The van der Waals surface area contributed by atoms with Gasteiger partial charge in [-0.1, -0.05) is 140 Å². The smallest absolute Gasteiger partial charge is 0.164 e. The summed E-state index contributed by atoms with van der Waals surface area (Å²) in [5.74, 6) is 1.86. The number of rotatable bonds is 5. The molecule has 0 unspecified atom stereocenters. The molecule has 6 heteroatoms. The maximum Gasteiger partial charge on any atom is 0.164 e. The Labute approximate surface area is 330 Å². The van der Waals surface area contributed by atoms with Crippen LogP contribution in [0.5, 0.6) is 0 Å². The van der Waals surface area contributed by atoms with E-state index < -0.39 is 0 Å². The van der Waals surface area contributed by atoms with Crippen LogP contribution in [-0.4, -0.2) is 19.5 Å². The number of nitrogens with zero attached hydrogens (tertiary/aromatic N) is 4. The lowest BCUT2D eigenvalue weighted by atomic mass is 9.97. The predicted octanol–water partition coefficient (Wildman–Crippen LogP) is 13.9. The van der Waals surface area contributed by atoms with E-state index in [4.69, 9.17) is 19.4 Å². The molecule has 0 aliphatic carbocycles. The number of aromatic nitrogens is 4. The van der Waals surface area contributed by atoms with Crippen molar-refractivity contribution in [3.63, 3.8) is 0 Å². The summed E-state index contributed by atoms with van der Waals surface area (Å²) in [6.07, 6.45) is 0. The molecule has 0 amide bonds. The SMILES string of the molecule is c1ccc(-c2nc(-c3ccccc3)nc(-c3ccc4c(c3)oc3cccc(-c5cccc6c5sc5cc(-n7c8ccccc8c8ccccc87)ccc56)c34)n2)cc1. The lowest BCUT2D eigenvalue weighted by Gasteiger charge is -2.08. The molecular formula is C51H30N4OS. The van der Waals surface area contributed by atoms with Gasteiger partial charge in [-0.2, -0.15) is 0 Å². The van der Waals surface area contributed by atoms with Crippen LogP contribution in [0.2, 0.25) is 0 Å². The number of benzene rings is 8. The molecule has 57 heavy (non-hydrogen) atoms. The first kappa shape index (κ1) is 31.9. The number of furan rings is 1. The van der Waals surface area contributed by atoms with Crippen LogP contribution >= 0.6 is 11.3 Å². The van der Waals surface area contributed by atoms with Crippen molar-refractivity contribution in [2.24, 2.45) is 0 Å². The number of fused-ring (bicyclic) bond motifs is 9. The van der Waals surface area contributed by atoms with Crippen LogP contribution in [0.25, 0.3) is 115 Å². The Morgan fingerprint density at radius 2 is 0.982 bits per heavy atom. The molecular weight excluding hydrogens is 717 g/mol. The first-order valence-corrected chi connectivity index (χ1v) is 19.8. The molecule has 4 aromatic heterocycles. The molecule has 0 fully saturated rings. The first-order chi connectivity index (χ1) is 28.2. The predicted molar refractivity (Wildman–Crippen MR) is 236 cm³/mol. The van der Waals surface area contributed by atoms with Crippen LogP contribution in [0.15, 0.2) is 186 Å². The Bertz CT molecular complexity index is 3420. The van der Waals surface area contributed by atoms with Gasteiger partial charge in [0.15, 0.2) is 17.5 Å². The van der Waals surface area contributed by atoms with Gasteiger partial charge in [0.1, 0.15) is 11.2 Å². The number of para-hydroxylation sites is 2. The molecule has 4 heterocycles. The van der Waals surface area contributed by atoms with Gasteiger partial charge in [0.05, 0.1) is 11.0 Å². The third-order valence-electron chi connectivity index (χ3n) is 11.1. The van der Waals surface area contributed by atoms with Gasteiger partial charge < -0.3 is 8.98 Å². The van der Waals surface area contributed by atoms with Crippen molar-refractivity contribution in [1.29, 1.82) is 0 Å². The van der Waals surface area contributed by atoms with Gasteiger partial charge in [0.25, 0.3) is 0 Å². The van der Waals surface area contributed by atoms with Gasteiger partial charge in [-0.3, -0.25) is 0 Å². The summed E-state index contributed by atoms with van der Waals surface area (Å²) in [5, 5.41) is 7.20. The van der Waals surface area contributed by atoms with Gasteiger partial charge >= 0.3 is 0 Å². The third kappa shape index (κ3) is 5.04. The molecule has 0 aliphatic heterocycles. The highest BCUT2D eigenvalue weighted by atomic mass is 32.1. The van der Waals surface area contributed by atoms with Crippen LogP contribution in [-0.2, 0) is 0 Å². The van der Waals surface area contributed by atoms with E-state index in [0.29, 0.717) is 17.5 Å². The quantitative estimate of drug-likeness (QED) is 0.176. The average molecular weight is 747 g/mol. The van der Waals surface area contributed by atoms with Crippen molar-refractivity contribution >= 4 is 75.3 Å². The fraction of sp³-hybridized carbons (Fsp3) is 0. The second-order valence-corrected chi connectivity index (χ2v) is 15.4. The Morgan fingerprint density at radius 3 is 1.68 bits per heavy atom. The average Bonchev–Trinajstić information content (AvgIpc) is 3.96. The molecule has 0 saturated carbocycles. The molecule has 12 aromatic rings. The first-order valence-electron chi connectivity index (χ1n) is 19.0. The molecule has 0 N–H and O–H groups in total. The standard InChI is InChI=1S/C51H30N4OS/c1-3-13-31(14-4-1)49-52-50(32-15-5-2-6-16-32)54-51(53-49)33-25-27-41-45(29-33)56-44-24-12-19-38(47(41)44)40-21-11-20-39-37-28-26-34(30-46(37)57-48(39)40)55-42-22-9-7-17-35(42)36-18-8-10-23-43(36)55/h1-30H. The summed E-state index contributed by atoms with van der Waals surface area (Å²) < 4.78 is 11.5. The molecule has 0 atom stereocenters. The van der Waals surface area contributed by atoms with E-state index in [0.717, 1.165) is 49.9 Å². The molecule has 0 saturated heterocycles. The molecule has 266 valence electrons. The summed E-state index contributed by atoms with van der Waals surface area (Å²) >= 11 is 1.85. The van der Waals surface area contributed by atoms with Crippen LogP contribution in [0.3, 0.4) is 0 Å². The summed E-state index contributed by atoms with van der Waals surface area (Å²) in [7, 11) is 0. The normalized spacial score (nSPS) is 11.9. The van der Waals surface area contributed by atoms with Gasteiger partial charge in [-0.05, 0) is 48.0 Å². The summed E-state index contributed by atoms with van der Waals surface area (Å²) in [4.78, 5) is 14.8. The van der Waals surface area contributed by atoms with E-state index in [-0.39, 0.29) is 0 Å². The summed E-state index contributed by atoms with van der Waals surface area (Å²) in [6, 6.07) is 63.8. The fourth-order valence-electron chi connectivity index (χ4n) is 8.47. The summed E-state index contributed by atoms with van der Waals surface area (Å²) in [5.41, 5.74) is 10.3. The van der Waals surface area contributed by atoms with E-state index in [1.165, 1.54) is 47.5 Å². The van der Waals surface area contributed by atoms with Crippen LogP contribution < -0.4 is 0 Å². The second-order valence-electron chi connectivity index (χ2n) is 14.4. The maximum atomic E-state index is 6.63. The van der Waals surface area contributed by atoms with Crippen molar-refractivity contribution in [2.45, 2.75) is 0 Å². The number of hydrogen-bond donors (Lipinski definition) is 0. The topological polar surface area (TPSA) is 56.7 Å². The van der Waals surface area contributed by atoms with Crippen molar-refractivity contribution in [2.75, 3.05) is 0 Å². The largest absolute Gasteiger partial charge is 0.456 e. The molecule has 0 aliphatic rings. The third-order valence-corrected chi connectivity index (χ3v) is 12.3. The maximum absolute atomic E-state index is 6.63. The van der Waals surface area contributed by atoms with E-state index in [1.807, 2.05) is 72.0 Å². The highest BCUT2D eigenvalue weighted by molar-refractivity contribution is 7.26. The van der Waals surface area contributed by atoms with Gasteiger partial charge in [-0.15, -0.1) is 11.3 Å². The van der Waals surface area contributed by atoms with Crippen LogP contribution in [0.4, 0.5) is 0 Å². The molecule has 8 aromatic carbocycles. The Morgan fingerprint density at radius 1 is 0.404 bits per heavy atom. The molecule has 0 spiro atoms. The Balaban J connectivity index is 0.999. The van der Waals surface area contributed by atoms with Crippen LogP contribution in [0.1, 0.15) is 0 Å². The monoisotopic (exact) mass is 746 g/mol. The highest BCUT2D eigenvalue weighted by Gasteiger charge is 2.19. The fourth-order valence-corrected chi connectivity index (χ4v) is 9.73. The minimum atomic E-state index is 0.598. The molecule has 12 rings (SSSR count). The van der Waals surface area contributed by atoms with E-state index in [9.17, 15) is 0 Å². The highest BCUT2D eigenvalue weighted by Crippen LogP contribution is 2.45. The van der Waals surface area contributed by atoms with Crippen molar-refractivity contribution in [3.05, 3.63) is 182 Å².